The second kappa shape index (κ2) is 7.18. The molecule has 3 heterocycles. The summed E-state index contributed by atoms with van der Waals surface area (Å²) >= 11 is 0. The topological polar surface area (TPSA) is 82.7 Å². The van der Waals surface area contributed by atoms with Crippen LogP contribution < -0.4 is 15.0 Å². The van der Waals surface area contributed by atoms with E-state index in [1.807, 2.05) is 49.5 Å². The van der Waals surface area contributed by atoms with Crippen molar-refractivity contribution in [2.45, 2.75) is 13.3 Å². The minimum atomic E-state index is -0.336. The normalized spacial score (nSPS) is 12.7. The molecule has 148 valence electrons. The lowest BCUT2D eigenvalue weighted by molar-refractivity contribution is -0.583. The lowest BCUT2D eigenvalue weighted by Crippen LogP contribution is -2.24. The van der Waals surface area contributed by atoms with Crippen molar-refractivity contribution in [1.29, 1.82) is 0 Å². The molecule has 0 spiro atoms. The van der Waals surface area contributed by atoms with Gasteiger partial charge in [0.05, 0.1) is 16.1 Å². The Morgan fingerprint density at radius 1 is 1.28 bits per heavy atom. The third-order valence-corrected chi connectivity index (χ3v) is 5.29. The van der Waals surface area contributed by atoms with E-state index >= 15 is 0 Å². The third-order valence-electron chi connectivity index (χ3n) is 5.29. The molecule has 1 aromatic carbocycles. The predicted octanol–water partition coefficient (Wildman–Crippen LogP) is 2.94. The molecule has 2 aromatic heterocycles. The number of aromatic nitrogens is 2. The van der Waals surface area contributed by atoms with Crippen molar-refractivity contribution in [3.05, 3.63) is 74.7 Å². The first-order chi connectivity index (χ1) is 13.9. The van der Waals surface area contributed by atoms with Crippen molar-refractivity contribution in [3.8, 4) is 0 Å². The summed E-state index contributed by atoms with van der Waals surface area (Å²) in [5.41, 5.74) is 13.0. The SMILES string of the molecule is Cc1cc(/C=C/c2ccc(N(C)C)cc2[N+](=O)[O-])n2c1c(CCN)c1[n+]2=CC=C1. The second-order valence-electron chi connectivity index (χ2n) is 7.40. The maximum absolute atomic E-state index is 11.6. The summed E-state index contributed by atoms with van der Waals surface area (Å²) in [4.78, 5) is 13.1. The Bertz CT molecular complexity index is 1230. The van der Waals surface area contributed by atoms with E-state index in [9.17, 15) is 10.1 Å². The Labute approximate surface area is 168 Å². The fourth-order valence-electron chi connectivity index (χ4n) is 3.95. The van der Waals surface area contributed by atoms with Crippen LogP contribution in [-0.2, 0) is 6.42 Å². The Hall–Kier alpha value is -3.45. The maximum Gasteiger partial charge on any atom is 0.278 e. The first-order valence-electron chi connectivity index (χ1n) is 9.53. The van der Waals surface area contributed by atoms with E-state index in [2.05, 4.69) is 27.9 Å². The van der Waals surface area contributed by atoms with Crippen LogP contribution in [0.5, 0.6) is 0 Å². The molecule has 0 unspecified atom stereocenters. The predicted molar refractivity (Wildman–Crippen MR) is 116 cm³/mol. The van der Waals surface area contributed by atoms with Crippen molar-refractivity contribution >= 4 is 35.1 Å². The monoisotopic (exact) mass is 390 g/mol. The van der Waals surface area contributed by atoms with Gasteiger partial charge in [-0.15, -0.1) is 4.52 Å². The van der Waals surface area contributed by atoms with Gasteiger partial charge in [0.1, 0.15) is 11.2 Å². The molecule has 0 radical (unpaired) electrons. The number of rotatable bonds is 6. The van der Waals surface area contributed by atoms with Gasteiger partial charge >= 0.3 is 0 Å². The Morgan fingerprint density at radius 2 is 2.07 bits per heavy atom. The third kappa shape index (κ3) is 3.09. The van der Waals surface area contributed by atoms with Crippen LogP contribution in [0, 0.1) is 23.3 Å². The van der Waals surface area contributed by atoms with Crippen LogP contribution in [0.25, 0.3) is 23.7 Å². The number of hydrogen-bond donors (Lipinski definition) is 1. The number of nitrogens with two attached hydrogens (primary N) is 1. The van der Waals surface area contributed by atoms with E-state index in [0.717, 1.165) is 34.6 Å². The lowest BCUT2D eigenvalue weighted by atomic mass is 10.1. The van der Waals surface area contributed by atoms with Gasteiger partial charge in [-0.3, -0.25) is 10.1 Å². The molecule has 29 heavy (non-hydrogen) atoms. The zero-order valence-corrected chi connectivity index (χ0v) is 16.8. The zero-order chi connectivity index (χ0) is 20.7. The molecular formula is C22H24N5O2+. The van der Waals surface area contributed by atoms with Crippen LogP contribution in [0.1, 0.15) is 28.1 Å². The Morgan fingerprint density at radius 3 is 2.76 bits per heavy atom. The summed E-state index contributed by atoms with van der Waals surface area (Å²) in [6.07, 6.45) is 10.7. The van der Waals surface area contributed by atoms with Crippen LogP contribution in [0.3, 0.4) is 0 Å². The van der Waals surface area contributed by atoms with Gasteiger partial charge in [0.25, 0.3) is 5.69 Å². The van der Waals surface area contributed by atoms with Crippen molar-refractivity contribution < 1.29 is 9.28 Å². The summed E-state index contributed by atoms with van der Waals surface area (Å²) < 4.78 is 4.25. The summed E-state index contributed by atoms with van der Waals surface area (Å²) in [6, 6.07) is 7.38. The highest BCUT2D eigenvalue weighted by Gasteiger charge is 2.26. The highest BCUT2D eigenvalue weighted by Crippen LogP contribution is 2.28. The van der Waals surface area contributed by atoms with Gasteiger partial charge in [-0.05, 0) is 55.8 Å². The van der Waals surface area contributed by atoms with E-state index in [4.69, 9.17) is 5.73 Å². The van der Waals surface area contributed by atoms with Crippen LogP contribution in [0.2, 0.25) is 0 Å². The van der Waals surface area contributed by atoms with Gasteiger partial charge in [-0.2, -0.15) is 0 Å². The second-order valence-corrected chi connectivity index (χ2v) is 7.40. The Balaban J connectivity index is 1.83. The number of allylic oxidation sites excluding steroid dienone is 1. The molecule has 7 heteroatoms. The minimum Gasteiger partial charge on any atom is -0.377 e. The molecule has 0 fully saturated rings. The molecule has 0 amide bonds. The smallest absolute Gasteiger partial charge is 0.278 e. The van der Waals surface area contributed by atoms with Gasteiger partial charge in [0, 0.05) is 38.0 Å². The fraction of sp³-hybridized carbons (Fsp3) is 0.227. The van der Waals surface area contributed by atoms with E-state index < -0.39 is 0 Å². The van der Waals surface area contributed by atoms with E-state index in [1.165, 1.54) is 5.56 Å². The summed E-state index contributed by atoms with van der Waals surface area (Å²) in [7, 11) is 3.73. The summed E-state index contributed by atoms with van der Waals surface area (Å²) in [6.45, 7) is 2.67. The van der Waals surface area contributed by atoms with Crippen molar-refractivity contribution in [1.82, 2.24) is 4.52 Å². The first-order valence-corrected chi connectivity index (χ1v) is 9.53. The molecule has 0 bridgehead atoms. The zero-order valence-electron chi connectivity index (χ0n) is 16.8. The number of nitro groups is 1. The number of hydrogen-bond acceptors (Lipinski definition) is 4. The van der Waals surface area contributed by atoms with Crippen LogP contribution in [0.15, 0.2) is 30.3 Å². The van der Waals surface area contributed by atoms with Crippen LogP contribution >= 0.6 is 0 Å². The van der Waals surface area contributed by atoms with Crippen LogP contribution in [0.4, 0.5) is 11.4 Å². The highest BCUT2D eigenvalue weighted by atomic mass is 16.6. The standard InChI is InChI=1S/C22H24N5O2/c1-15-13-18(26-22(15)19(10-11-23)20-5-4-12-25(20)26)9-7-16-6-8-17(24(2)3)14-21(16)27(28)29/h4-9,12-14H,10-11,23H2,1-3H3/q+1. The van der Waals surface area contributed by atoms with Crippen molar-refractivity contribution in [2.24, 2.45) is 5.73 Å². The van der Waals surface area contributed by atoms with Gasteiger partial charge in [-0.25, -0.2) is 0 Å². The number of benzene rings is 1. The number of anilines is 1. The van der Waals surface area contributed by atoms with Crippen LogP contribution in [-0.4, -0.2) is 30.1 Å². The molecule has 0 saturated carbocycles. The molecular weight excluding hydrogens is 366 g/mol. The fourth-order valence-corrected chi connectivity index (χ4v) is 3.95. The number of fused-ring (bicyclic) bond motifs is 3. The molecule has 1 aliphatic heterocycles. The summed E-state index contributed by atoms with van der Waals surface area (Å²) in [5.74, 6) is 0. The molecule has 1 aliphatic rings. The van der Waals surface area contributed by atoms with Gasteiger partial charge in [-0.1, -0.05) is 4.36 Å². The highest BCUT2D eigenvalue weighted by molar-refractivity contribution is 5.78. The first kappa shape index (κ1) is 18.9. The van der Waals surface area contributed by atoms with E-state index in [1.54, 1.807) is 12.1 Å². The van der Waals surface area contributed by atoms with Gasteiger partial charge < -0.3 is 10.6 Å². The number of aryl methyl sites for hydroxylation is 1. The van der Waals surface area contributed by atoms with Crippen molar-refractivity contribution in [3.63, 3.8) is 0 Å². The number of nitro benzene ring substituents is 1. The summed E-state index contributed by atoms with van der Waals surface area (Å²) in [5, 5.41) is 11.6. The average molecular weight is 390 g/mol. The molecule has 3 aromatic rings. The van der Waals surface area contributed by atoms with Crippen molar-refractivity contribution in [2.75, 3.05) is 25.5 Å². The van der Waals surface area contributed by atoms with Gasteiger partial charge in [0.15, 0.2) is 0 Å². The molecule has 2 N–H and O–H groups in total. The molecule has 7 nitrogen and oxygen atoms in total. The molecule has 0 saturated heterocycles. The molecule has 0 aliphatic carbocycles. The maximum atomic E-state index is 11.6. The lowest BCUT2D eigenvalue weighted by Gasteiger charge is -2.12. The number of nitrogens with zero attached hydrogens (tertiary/aromatic N) is 4. The minimum absolute atomic E-state index is 0.0920. The average Bonchev–Trinajstić information content (AvgIpc) is 3.34. The quantitative estimate of drug-likeness (QED) is 0.399. The van der Waals surface area contributed by atoms with E-state index in [0.29, 0.717) is 12.1 Å². The molecule has 0 atom stereocenters. The largest absolute Gasteiger partial charge is 0.377 e. The van der Waals surface area contributed by atoms with E-state index in [-0.39, 0.29) is 10.6 Å². The van der Waals surface area contributed by atoms with Gasteiger partial charge in [0.2, 0.25) is 11.9 Å². The Kier molecular flexibility index (Phi) is 4.68. The molecule has 4 rings (SSSR count).